The van der Waals surface area contributed by atoms with E-state index in [1.807, 2.05) is 6.92 Å². The van der Waals surface area contributed by atoms with E-state index >= 15 is 0 Å². The maximum absolute atomic E-state index is 13.5. The Morgan fingerprint density at radius 3 is 2.21 bits per heavy atom. The Kier molecular flexibility index (Phi) is 5.57. The van der Waals surface area contributed by atoms with Crippen LogP contribution in [0.15, 0.2) is 64.4 Å². The minimum atomic E-state index is -3.71. The highest BCUT2D eigenvalue weighted by atomic mass is 32.2. The van der Waals surface area contributed by atoms with Crippen molar-refractivity contribution in [3.8, 4) is 0 Å². The van der Waals surface area contributed by atoms with Gasteiger partial charge in [0, 0.05) is 5.92 Å². The van der Waals surface area contributed by atoms with E-state index < -0.39 is 31.0 Å². The van der Waals surface area contributed by atoms with Crippen molar-refractivity contribution in [2.75, 3.05) is 5.75 Å². The Balaban J connectivity index is 1.70. The molecule has 1 saturated carbocycles. The summed E-state index contributed by atoms with van der Waals surface area (Å²) in [6, 6.07) is 15.0. The van der Waals surface area contributed by atoms with Crippen LogP contribution < -0.4 is 0 Å². The van der Waals surface area contributed by atoms with E-state index in [-0.39, 0.29) is 27.6 Å². The third-order valence-electron chi connectivity index (χ3n) is 6.09. The molecule has 0 aromatic heterocycles. The van der Waals surface area contributed by atoms with Crippen molar-refractivity contribution in [3.05, 3.63) is 60.2 Å². The summed E-state index contributed by atoms with van der Waals surface area (Å²) in [7, 11) is -7.38. The second kappa shape index (κ2) is 7.85. The SMILES string of the molecule is Cc1ccc(S(=O)(=O)C[C@H]2O[C@H]3CCCC[C@H]3[C@@H]2S(=O)(=O)c2ccccc2)cc1. The Morgan fingerprint density at radius 2 is 1.52 bits per heavy atom. The summed E-state index contributed by atoms with van der Waals surface area (Å²) >= 11 is 0. The largest absolute Gasteiger partial charge is 0.372 e. The molecule has 5 nitrogen and oxygen atoms in total. The predicted octanol–water partition coefficient (Wildman–Crippen LogP) is 3.57. The lowest BCUT2D eigenvalue weighted by Crippen LogP contribution is -2.40. The number of rotatable bonds is 5. The Hall–Kier alpha value is -1.70. The summed E-state index contributed by atoms with van der Waals surface area (Å²) < 4.78 is 59.2. The van der Waals surface area contributed by atoms with Crippen LogP contribution in [0, 0.1) is 12.8 Å². The first-order valence-electron chi connectivity index (χ1n) is 10.0. The minimum Gasteiger partial charge on any atom is -0.372 e. The highest BCUT2D eigenvalue weighted by Gasteiger charge is 2.52. The molecule has 1 heterocycles. The first-order chi connectivity index (χ1) is 13.8. The molecule has 0 amide bonds. The topological polar surface area (TPSA) is 77.5 Å². The van der Waals surface area contributed by atoms with Crippen LogP contribution in [-0.4, -0.2) is 40.0 Å². The van der Waals surface area contributed by atoms with Crippen molar-refractivity contribution in [2.45, 2.75) is 59.9 Å². The molecule has 1 saturated heterocycles. The molecule has 7 heteroatoms. The first-order valence-corrected chi connectivity index (χ1v) is 13.2. The minimum absolute atomic E-state index is 0.160. The molecule has 156 valence electrons. The molecule has 2 aliphatic rings. The van der Waals surface area contributed by atoms with E-state index in [0.717, 1.165) is 31.2 Å². The van der Waals surface area contributed by atoms with E-state index in [9.17, 15) is 16.8 Å². The van der Waals surface area contributed by atoms with Crippen molar-refractivity contribution < 1.29 is 21.6 Å². The van der Waals surface area contributed by atoms with E-state index in [0.29, 0.717) is 0 Å². The van der Waals surface area contributed by atoms with Crippen molar-refractivity contribution in [1.29, 1.82) is 0 Å². The number of ether oxygens (including phenoxy) is 1. The summed E-state index contributed by atoms with van der Waals surface area (Å²) in [4.78, 5) is 0.440. The third-order valence-corrected chi connectivity index (χ3v) is 10.1. The van der Waals surface area contributed by atoms with Gasteiger partial charge in [0.1, 0.15) is 0 Å². The summed E-state index contributed by atoms with van der Waals surface area (Å²) in [5.74, 6) is -0.480. The second-order valence-electron chi connectivity index (χ2n) is 8.08. The molecule has 4 atom stereocenters. The fourth-order valence-corrected chi connectivity index (χ4v) is 8.40. The molecule has 0 spiro atoms. The number of hydrogen-bond acceptors (Lipinski definition) is 5. The van der Waals surface area contributed by atoms with E-state index in [2.05, 4.69) is 0 Å². The van der Waals surface area contributed by atoms with Crippen molar-refractivity contribution >= 4 is 19.7 Å². The predicted molar refractivity (Wildman–Crippen MR) is 111 cm³/mol. The van der Waals surface area contributed by atoms with Gasteiger partial charge in [0.2, 0.25) is 0 Å². The number of hydrogen-bond donors (Lipinski definition) is 0. The van der Waals surface area contributed by atoms with Crippen LogP contribution >= 0.6 is 0 Å². The van der Waals surface area contributed by atoms with Gasteiger partial charge in [-0.1, -0.05) is 48.7 Å². The molecule has 1 aliphatic carbocycles. The van der Waals surface area contributed by atoms with Gasteiger partial charge in [-0.25, -0.2) is 16.8 Å². The normalized spacial score (nSPS) is 27.5. The zero-order chi connectivity index (χ0) is 20.6. The van der Waals surface area contributed by atoms with Crippen LogP contribution in [0.3, 0.4) is 0 Å². The van der Waals surface area contributed by atoms with Gasteiger partial charge >= 0.3 is 0 Å². The second-order valence-corrected chi connectivity index (χ2v) is 12.2. The van der Waals surface area contributed by atoms with Crippen LogP contribution in [0.4, 0.5) is 0 Å². The molecule has 2 aromatic carbocycles. The fraction of sp³-hybridized carbons (Fsp3) is 0.455. The molecule has 29 heavy (non-hydrogen) atoms. The van der Waals surface area contributed by atoms with Crippen LogP contribution in [0.2, 0.25) is 0 Å². The highest BCUT2D eigenvalue weighted by Crippen LogP contribution is 2.43. The maximum Gasteiger partial charge on any atom is 0.184 e. The standard InChI is InChI=1S/C22H26O5S2/c1-16-11-13-17(14-12-16)28(23,24)15-21-22(19-9-5-6-10-20(19)27-21)29(25,26)18-7-3-2-4-8-18/h2-4,7-8,11-14,19-22H,5-6,9-10,15H2,1H3/t19-,20+,21-,22+/m1/s1. The van der Waals surface area contributed by atoms with Gasteiger partial charge < -0.3 is 4.74 Å². The third kappa shape index (κ3) is 4.00. The van der Waals surface area contributed by atoms with Crippen LogP contribution in [0.1, 0.15) is 31.2 Å². The number of aryl methyl sites for hydroxylation is 1. The molecule has 0 N–H and O–H groups in total. The van der Waals surface area contributed by atoms with E-state index in [1.54, 1.807) is 54.6 Å². The Labute approximate surface area is 172 Å². The van der Waals surface area contributed by atoms with Gasteiger partial charge in [-0.15, -0.1) is 0 Å². The average Bonchev–Trinajstić information content (AvgIpc) is 3.06. The van der Waals surface area contributed by atoms with Crippen LogP contribution in [0.5, 0.6) is 0 Å². The van der Waals surface area contributed by atoms with E-state index in [4.69, 9.17) is 4.74 Å². The summed E-state index contributed by atoms with van der Waals surface area (Å²) in [6.07, 6.45) is 2.42. The number of sulfone groups is 2. The van der Waals surface area contributed by atoms with Gasteiger partial charge in [-0.3, -0.25) is 0 Å². The van der Waals surface area contributed by atoms with Gasteiger partial charge in [0.15, 0.2) is 19.7 Å². The molecular weight excluding hydrogens is 408 g/mol. The molecule has 1 aliphatic heterocycles. The summed E-state index contributed by atoms with van der Waals surface area (Å²) in [6.45, 7) is 1.89. The molecule has 0 unspecified atom stereocenters. The Bertz CT molecular complexity index is 1060. The van der Waals surface area contributed by atoms with Gasteiger partial charge in [0.25, 0.3) is 0 Å². The maximum atomic E-state index is 13.5. The molecule has 2 aromatic rings. The smallest absolute Gasteiger partial charge is 0.184 e. The zero-order valence-electron chi connectivity index (χ0n) is 16.4. The number of benzene rings is 2. The van der Waals surface area contributed by atoms with Gasteiger partial charge in [-0.2, -0.15) is 0 Å². The lowest BCUT2D eigenvalue weighted by Gasteiger charge is -2.27. The van der Waals surface area contributed by atoms with Crippen LogP contribution in [-0.2, 0) is 24.4 Å². The lowest BCUT2D eigenvalue weighted by molar-refractivity contribution is 0.0286. The van der Waals surface area contributed by atoms with Gasteiger partial charge in [-0.05, 0) is 44.0 Å². The lowest BCUT2D eigenvalue weighted by atomic mass is 9.85. The van der Waals surface area contributed by atoms with Crippen LogP contribution in [0.25, 0.3) is 0 Å². The van der Waals surface area contributed by atoms with E-state index in [1.165, 1.54) is 0 Å². The van der Waals surface area contributed by atoms with Crippen molar-refractivity contribution in [2.24, 2.45) is 5.92 Å². The molecular formula is C22H26O5S2. The molecule has 2 fully saturated rings. The summed E-state index contributed by atoms with van der Waals surface area (Å²) in [5, 5.41) is -0.838. The average molecular weight is 435 g/mol. The Morgan fingerprint density at radius 1 is 0.862 bits per heavy atom. The fourth-order valence-electron chi connectivity index (χ4n) is 4.64. The number of fused-ring (bicyclic) bond motifs is 1. The zero-order valence-corrected chi connectivity index (χ0v) is 18.0. The van der Waals surface area contributed by atoms with Crippen molar-refractivity contribution in [3.63, 3.8) is 0 Å². The monoisotopic (exact) mass is 434 g/mol. The molecule has 0 bridgehead atoms. The highest BCUT2D eigenvalue weighted by molar-refractivity contribution is 7.93. The first kappa shape index (κ1) is 20.6. The van der Waals surface area contributed by atoms with Gasteiger partial charge in [0.05, 0.1) is 33.0 Å². The quantitative estimate of drug-likeness (QED) is 0.719. The summed E-state index contributed by atoms with van der Waals surface area (Å²) in [5.41, 5.74) is 0.969. The van der Waals surface area contributed by atoms with Crippen molar-refractivity contribution in [1.82, 2.24) is 0 Å². The molecule has 0 radical (unpaired) electrons. The molecule has 4 rings (SSSR count).